The number of rotatable bonds is 7. The number of hydrogen-bond acceptors (Lipinski definition) is 6. The molecular weight excluding hydrogens is 412 g/mol. The molecule has 1 aromatic heterocycles. The fourth-order valence-electron chi connectivity index (χ4n) is 2.84. The lowest BCUT2D eigenvalue weighted by Crippen LogP contribution is -2.38. The molecule has 0 spiro atoms. The van der Waals surface area contributed by atoms with E-state index in [1.54, 1.807) is 19.1 Å². The molecular formula is C23H22N4O5. The van der Waals surface area contributed by atoms with Gasteiger partial charge in [0, 0.05) is 23.5 Å². The second-order valence-corrected chi connectivity index (χ2v) is 6.95. The van der Waals surface area contributed by atoms with E-state index >= 15 is 0 Å². The van der Waals surface area contributed by atoms with Gasteiger partial charge >= 0.3 is 12.1 Å². The normalized spacial score (nSPS) is 12.3. The number of aliphatic carboxylic acids is 1. The number of hydrogen-bond donors (Lipinski definition) is 3. The molecule has 0 aliphatic rings. The van der Waals surface area contributed by atoms with Gasteiger partial charge in [0.25, 0.3) is 5.91 Å². The molecule has 3 N–H and O–H groups in total. The van der Waals surface area contributed by atoms with Crippen molar-refractivity contribution in [2.24, 2.45) is 0 Å². The van der Waals surface area contributed by atoms with Crippen molar-refractivity contribution in [2.75, 3.05) is 5.32 Å². The molecule has 3 rings (SSSR count). The molecule has 1 heterocycles. The topological polar surface area (TPSA) is 131 Å². The summed E-state index contributed by atoms with van der Waals surface area (Å²) >= 11 is 0. The van der Waals surface area contributed by atoms with E-state index in [1.807, 2.05) is 30.3 Å². The highest BCUT2D eigenvalue weighted by Crippen LogP contribution is 2.25. The van der Waals surface area contributed by atoms with Gasteiger partial charge in [-0.1, -0.05) is 42.5 Å². The first-order valence-electron chi connectivity index (χ1n) is 9.83. The van der Waals surface area contributed by atoms with E-state index in [-0.39, 0.29) is 11.4 Å². The van der Waals surface area contributed by atoms with Gasteiger partial charge in [0.1, 0.15) is 17.8 Å². The molecule has 32 heavy (non-hydrogen) atoms. The Hall–Kier alpha value is -4.27. The van der Waals surface area contributed by atoms with Crippen LogP contribution in [0.15, 0.2) is 67.0 Å². The SMILES string of the molecule is CC(NC(=O)c1ccc(-c2nccnc2NC(=O)OC(C)c2ccccc2)cc1)C(=O)O. The van der Waals surface area contributed by atoms with Crippen LogP contribution >= 0.6 is 0 Å². The molecule has 2 amide bonds. The smallest absolute Gasteiger partial charge is 0.413 e. The van der Waals surface area contributed by atoms with E-state index in [2.05, 4.69) is 20.6 Å². The highest BCUT2D eigenvalue weighted by Gasteiger charge is 2.17. The largest absolute Gasteiger partial charge is 0.480 e. The van der Waals surface area contributed by atoms with Crippen molar-refractivity contribution in [3.8, 4) is 11.3 Å². The zero-order valence-electron chi connectivity index (χ0n) is 17.5. The van der Waals surface area contributed by atoms with Gasteiger partial charge in [0.2, 0.25) is 0 Å². The molecule has 0 aliphatic carbocycles. The van der Waals surface area contributed by atoms with Gasteiger partial charge in [-0.2, -0.15) is 0 Å². The number of aromatic nitrogens is 2. The van der Waals surface area contributed by atoms with Crippen LogP contribution in [0.2, 0.25) is 0 Å². The van der Waals surface area contributed by atoms with Crippen LogP contribution in [0.25, 0.3) is 11.3 Å². The van der Waals surface area contributed by atoms with Crippen LogP contribution in [0.5, 0.6) is 0 Å². The number of ether oxygens (including phenoxy) is 1. The van der Waals surface area contributed by atoms with Gasteiger partial charge in [-0.25, -0.2) is 9.78 Å². The molecule has 2 atom stereocenters. The van der Waals surface area contributed by atoms with Crippen molar-refractivity contribution < 1.29 is 24.2 Å². The standard InChI is InChI=1S/C23H22N4O5/c1-14(22(29)30)26-21(28)18-10-8-17(9-11-18)19-20(25-13-12-24-19)27-23(31)32-15(2)16-6-4-3-5-7-16/h3-15H,1-2H3,(H,26,28)(H,29,30)(H,25,27,31). The number of nitrogens with one attached hydrogen (secondary N) is 2. The predicted octanol–water partition coefficient (Wildman–Crippen LogP) is 3.66. The van der Waals surface area contributed by atoms with Crippen LogP contribution in [0, 0.1) is 0 Å². The van der Waals surface area contributed by atoms with Gasteiger partial charge < -0.3 is 15.2 Å². The summed E-state index contributed by atoms with van der Waals surface area (Å²) in [4.78, 5) is 43.9. The lowest BCUT2D eigenvalue weighted by molar-refractivity contribution is -0.138. The molecule has 0 radical (unpaired) electrons. The number of anilines is 1. The van der Waals surface area contributed by atoms with E-state index in [4.69, 9.17) is 9.84 Å². The Labute approximate surface area is 184 Å². The first kappa shape index (κ1) is 22.4. The summed E-state index contributed by atoms with van der Waals surface area (Å²) in [6.45, 7) is 3.14. The number of amides is 2. The Morgan fingerprint density at radius 1 is 0.938 bits per heavy atom. The summed E-state index contributed by atoms with van der Waals surface area (Å²) in [6.07, 6.45) is 1.78. The molecule has 0 aliphatic heterocycles. The molecule has 9 heteroatoms. The Bertz CT molecular complexity index is 1100. The summed E-state index contributed by atoms with van der Waals surface area (Å²) in [6, 6.07) is 14.6. The van der Waals surface area contributed by atoms with Crippen LogP contribution < -0.4 is 10.6 Å². The van der Waals surface area contributed by atoms with Crippen molar-refractivity contribution in [3.63, 3.8) is 0 Å². The van der Waals surface area contributed by atoms with Crippen molar-refractivity contribution >= 4 is 23.8 Å². The van der Waals surface area contributed by atoms with Crippen molar-refractivity contribution in [2.45, 2.75) is 26.0 Å². The maximum Gasteiger partial charge on any atom is 0.413 e. The average molecular weight is 434 g/mol. The molecule has 3 aromatic rings. The van der Waals surface area contributed by atoms with Crippen molar-refractivity contribution in [3.05, 3.63) is 78.1 Å². The van der Waals surface area contributed by atoms with Gasteiger partial charge in [-0.05, 0) is 31.5 Å². The number of benzene rings is 2. The number of carbonyl (C=O) groups is 3. The second-order valence-electron chi connectivity index (χ2n) is 6.95. The summed E-state index contributed by atoms with van der Waals surface area (Å²) in [5.41, 5.74) is 2.14. The highest BCUT2D eigenvalue weighted by molar-refractivity contribution is 5.97. The summed E-state index contributed by atoms with van der Waals surface area (Å²) in [5.74, 6) is -1.43. The zero-order chi connectivity index (χ0) is 23.1. The maximum absolute atomic E-state index is 12.4. The highest BCUT2D eigenvalue weighted by atomic mass is 16.6. The van der Waals surface area contributed by atoms with E-state index in [9.17, 15) is 14.4 Å². The second kappa shape index (κ2) is 10.2. The lowest BCUT2D eigenvalue weighted by Gasteiger charge is -2.15. The van der Waals surface area contributed by atoms with Crippen LogP contribution in [0.3, 0.4) is 0 Å². The van der Waals surface area contributed by atoms with Crippen molar-refractivity contribution in [1.29, 1.82) is 0 Å². The third kappa shape index (κ3) is 5.66. The van der Waals surface area contributed by atoms with Crippen LogP contribution in [-0.2, 0) is 9.53 Å². The molecule has 0 bridgehead atoms. The first-order valence-corrected chi connectivity index (χ1v) is 9.83. The zero-order valence-corrected chi connectivity index (χ0v) is 17.5. The molecule has 164 valence electrons. The van der Waals surface area contributed by atoms with Gasteiger partial charge in [-0.15, -0.1) is 0 Å². The fraction of sp³-hybridized carbons (Fsp3) is 0.174. The monoisotopic (exact) mass is 434 g/mol. The molecule has 0 fully saturated rings. The maximum atomic E-state index is 12.4. The van der Waals surface area contributed by atoms with Crippen LogP contribution in [0.1, 0.15) is 35.9 Å². The van der Waals surface area contributed by atoms with Gasteiger partial charge in [-0.3, -0.25) is 19.9 Å². The predicted molar refractivity (Wildman–Crippen MR) is 117 cm³/mol. The molecule has 0 saturated carbocycles. The molecule has 0 saturated heterocycles. The minimum atomic E-state index is -1.13. The van der Waals surface area contributed by atoms with E-state index in [0.717, 1.165) is 5.56 Å². The minimum Gasteiger partial charge on any atom is -0.480 e. The van der Waals surface area contributed by atoms with E-state index in [0.29, 0.717) is 11.3 Å². The Morgan fingerprint density at radius 3 is 2.25 bits per heavy atom. The molecule has 9 nitrogen and oxygen atoms in total. The summed E-state index contributed by atoms with van der Waals surface area (Å²) in [5, 5.41) is 13.9. The first-order chi connectivity index (χ1) is 15.3. The Kier molecular flexibility index (Phi) is 7.12. The Morgan fingerprint density at radius 2 is 1.59 bits per heavy atom. The quantitative estimate of drug-likeness (QED) is 0.517. The number of carboxylic acids is 1. The van der Waals surface area contributed by atoms with E-state index in [1.165, 1.54) is 31.5 Å². The molecule has 2 aromatic carbocycles. The third-order valence-electron chi connectivity index (χ3n) is 4.61. The van der Waals surface area contributed by atoms with Gasteiger partial charge in [0.15, 0.2) is 5.82 Å². The summed E-state index contributed by atoms with van der Waals surface area (Å²) < 4.78 is 5.42. The lowest BCUT2D eigenvalue weighted by atomic mass is 10.1. The van der Waals surface area contributed by atoms with Gasteiger partial charge in [0.05, 0.1) is 0 Å². The minimum absolute atomic E-state index is 0.203. The number of carbonyl (C=O) groups excluding carboxylic acids is 2. The summed E-state index contributed by atoms with van der Waals surface area (Å²) in [7, 11) is 0. The van der Waals surface area contributed by atoms with Crippen molar-refractivity contribution in [1.82, 2.24) is 15.3 Å². The average Bonchev–Trinajstić information content (AvgIpc) is 2.80. The third-order valence-corrected chi connectivity index (χ3v) is 4.61. The number of carboxylic acid groups (broad SMARTS) is 1. The molecule has 2 unspecified atom stereocenters. The fourth-order valence-corrected chi connectivity index (χ4v) is 2.84. The number of nitrogens with zero attached hydrogens (tertiary/aromatic N) is 2. The van der Waals surface area contributed by atoms with E-state index < -0.39 is 30.1 Å². The van der Waals surface area contributed by atoms with Crippen LogP contribution in [0.4, 0.5) is 10.6 Å². The Balaban J connectivity index is 1.71. The van der Waals surface area contributed by atoms with Crippen LogP contribution in [-0.4, -0.2) is 39.1 Å².